The predicted molar refractivity (Wildman–Crippen MR) is 79.2 cm³/mol. The molecule has 0 N–H and O–H groups in total. The lowest BCUT2D eigenvalue weighted by atomic mass is 9.49. The monoisotopic (exact) mass is 346 g/mol. The van der Waals surface area contributed by atoms with E-state index < -0.39 is 0 Å². The van der Waals surface area contributed by atoms with Crippen LogP contribution in [0.3, 0.4) is 0 Å². The van der Waals surface area contributed by atoms with Gasteiger partial charge in [0.15, 0.2) is 0 Å². The highest BCUT2D eigenvalue weighted by atomic mass is 127. The van der Waals surface area contributed by atoms with Crippen LogP contribution >= 0.6 is 22.6 Å². The molecule has 17 heavy (non-hydrogen) atoms. The average molecular weight is 346 g/mol. The summed E-state index contributed by atoms with van der Waals surface area (Å²) in [6.45, 7) is 8.38. The molecule has 2 aliphatic carbocycles. The van der Waals surface area contributed by atoms with Gasteiger partial charge >= 0.3 is 0 Å². The average Bonchev–Trinajstić information content (AvgIpc) is 2.60. The molecular formula is C15H23IO. The van der Waals surface area contributed by atoms with Crippen LogP contribution in [0.1, 0.15) is 46.5 Å². The number of ether oxygens (including phenoxy) is 1. The first-order valence-electron chi connectivity index (χ1n) is 6.91. The van der Waals surface area contributed by atoms with Gasteiger partial charge in [-0.25, -0.2) is 0 Å². The minimum absolute atomic E-state index is 0.00354. The Balaban J connectivity index is 2.06. The van der Waals surface area contributed by atoms with E-state index in [2.05, 4.69) is 55.5 Å². The second-order valence-corrected chi connectivity index (χ2v) is 8.76. The molecule has 1 heterocycles. The van der Waals surface area contributed by atoms with Crippen molar-refractivity contribution in [2.45, 2.75) is 50.1 Å². The van der Waals surface area contributed by atoms with Crippen LogP contribution in [0.15, 0.2) is 12.2 Å². The molecule has 2 heteroatoms. The minimum atomic E-state index is -0.00354. The molecule has 0 aromatic heterocycles. The molecule has 1 saturated carbocycles. The van der Waals surface area contributed by atoms with Gasteiger partial charge < -0.3 is 4.74 Å². The molecular weight excluding hydrogens is 323 g/mol. The van der Waals surface area contributed by atoms with Crippen molar-refractivity contribution in [1.82, 2.24) is 0 Å². The van der Waals surface area contributed by atoms with Gasteiger partial charge in [0.2, 0.25) is 0 Å². The van der Waals surface area contributed by atoms with E-state index in [1.807, 2.05) is 0 Å². The second-order valence-electron chi connectivity index (χ2n) is 7.07. The van der Waals surface area contributed by atoms with Crippen molar-refractivity contribution in [3.05, 3.63) is 12.2 Å². The van der Waals surface area contributed by atoms with Crippen molar-refractivity contribution in [3.63, 3.8) is 0 Å². The Labute approximate surface area is 119 Å². The Kier molecular flexibility index (Phi) is 2.73. The Morgan fingerprint density at radius 1 is 1.24 bits per heavy atom. The maximum absolute atomic E-state index is 6.03. The molecule has 0 aromatic carbocycles. The van der Waals surface area contributed by atoms with Crippen LogP contribution in [0.4, 0.5) is 0 Å². The molecule has 0 radical (unpaired) electrons. The highest BCUT2D eigenvalue weighted by Gasteiger charge is 2.59. The Bertz CT molecular complexity index is 362. The molecule has 1 saturated heterocycles. The first-order chi connectivity index (χ1) is 7.89. The summed E-state index contributed by atoms with van der Waals surface area (Å²) in [5, 5.41) is 0. The fourth-order valence-electron chi connectivity index (χ4n) is 4.80. The van der Waals surface area contributed by atoms with E-state index >= 15 is 0 Å². The Morgan fingerprint density at radius 3 is 2.76 bits per heavy atom. The zero-order valence-electron chi connectivity index (χ0n) is 11.1. The summed E-state index contributed by atoms with van der Waals surface area (Å²) in [6.07, 6.45) is 10.2. The van der Waals surface area contributed by atoms with Gasteiger partial charge in [-0.3, -0.25) is 0 Å². The van der Waals surface area contributed by atoms with Gasteiger partial charge in [-0.2, -0.15) is 0 Å². The molecule has 3 rings (SSSR count). The second kappa shape index (κ2) is 3.72. The van der Waals surface area contributed by atoms with Crippen LogP contribution in [0, 0.1) is 22.7 Å². The Morgan fingerprint density at radius 2 is 2.00 bits per heavy atom. The van der Waals surface area contributed by atoms with Crippen molar-refractivity contribution in [1.29, 1.82) is 0 Å². The van der Waals surface area contributed by atoms with Crippen molar-refractivity contribution in [2.75, 3.05) is 6.61 Å². The van der Waals surface area contributed by atoms with Gasteiger partial charge in [-0.15, -0.1) is 0 Å². The van der Waals surface area contributed by atoms with Crippen molar-refractivity contribution >= 4 is 22.6 Å². The van der Waals surface area contributed by atoms with Crippen LogP contribution in [0.2, 0.25) is 0 Å². The molecule has 96 valence electrons. The topological polar surface area (TPSA) is 9.23 Å². The summed E-state index contributed by atoms with van der Waals surface area (Å²) >= 11 is 2.54. The highest BCUT2D eigenvalue weighted by molar-refractivity contribution is 14.1. The fourth-order valence-corrected chi connectivity index (χ4v) is 6.25. The van der Waals surface area contributed by atoms with Crippen LogP contribution in [-0.4, -0.2) is 10.2 Å². The Hall–Kier alpha value is 0.430. The quantitative estimate of drug-likeness (QED) is 0.355. The zero-order chi connectivity index (χ0) is 12.3. The summed E-state index contributed by atoms with van der Waals surface area (Å²) in [6, 6.07) is 0. The molecule has 0 aromatic rings. The number of alkyl halides is 1. The van der Waals surface area contributed by atoms with Gasteiger partial charge in [0.25, 0.3) is 0 Å². The van der Waals surface area contributed by atoms with E-state index in [0.29, 0.717) is 16.7 Å². The summed E-state index contributed by atoms with van der Waals surface area (Å²) in [5.74, 6) is 1.45. The lowest BCUT2D eigenvalue weighted by molar-refractivity contribution is -0.0465. The normalized spacial score (nSPS) is 52.0. The van der Waals surface area contributed by atoms with Crippen LogP contribution in [-0.2, 0) is 4.74 Å². The van der Waals surface area contributed by atoms with Gasteiger partial charge in [-0.1, -0.05) is 33.3 Å². The largest absolute Gasteiger partial charge is 0.360 e. The third kappa shape index (κ3) is 1.66. The number of hydrogen-bond donors (Lipinski definition) is 0. The van der Waals surface area contributed by atoms with Crippen molar-refractivity contribution < 1.29 is 4.74 Å². The molecule has 0 bridgehead atoms. The predicted octanol–water partition coefficient (Wildman–Crippen LogP) is 4.56. The summed E-state index contributed by atoms with van der Waals surface area (Å²) in [4.78, 5) is 0. The number of fused-ring (bicyclic) bond motifs is 3. The molecule has 0 amide bonds. The minimum Gasteiger partial charge on any atom is -0.360 e. The molecule has 2 fully saturated rings. The third-order valence-corrected chi connectivity index (χ3v) is 7.03. The van der Waals surface area contributed by atoms with E-state index in [9.17, 15) is 0 Å². The SMILES string of the molecule is CC1(C)CCC[C@@]2(C)C1C=C[C@]1(I)OCC[C@H]21. The molecule has 1 aliphatic heterocycles. The van der Waals surface area contributed by atoms with Crippen molar-refractivity contribution in [2.24, 2.45) is 22.7 Å². The standard InChI is InChI=1S/C15H23IO/c1-13(2)7-4-8-14(3)11(13)5-9-15(16)12(14)6-10-17-15/h5,9,11-12H,4,6-8,10H2,1-3H3/t11?,12-,14+,15+/m1/s1. The van der Waals surface area contributed by atoms with Gasteiger partial charge in [0.05, 0.1) is 0 Å². The smallest absolute Gasteiger partial charge is 0.140 e. The lowest BCUT2D eigenvalue weighted by Gasteiger charge is -2.57. The number of rotatable bonds is 0. The number of hydrogen-bond acceptors (Lipinski definition) is 1. The molecule has 4 atom stereocenters. The van der Waals surface area contributed by atoms with E-state index in [1.165, 1.54) is 25.7 Å². The van der Waals surface area contributed by atoms with Crippen LogP contribution < -0.4 is 0 Å². The maximum Gasteiger partial charge on any atom is 0.140 e. The summed E-state index contributed by atoms with van der Waals surface area (Å²) in [7, 11) is 0. The van der Waals surface area contributed by atoms with Crippen LogP contribution in [0.5, 0.6) is 0 Å². The molecule has 3 aliphatic rings. The van der Waals surface area contributed by atoms with E-state index in [-0.39, 0.29) is 3.61 Å². The van der Waals surface area contributed by atoms with E-state index in [4.69, 9.17) is 4.74 Å². The maximum atomic E-state index is 6.03. The number of allylic oxidation sites excluding steroid dienone is 1. The first-order valence-corrected chi connectivity index (χ1v) is 7.99. The van der Waals surface area contributed by atoms with Crippen LogP contribution in [0.25, 0.3) is 0 Å². The molecule has 1 unspecified atom stereocenters. The van der Waals surface area contributed by atoms with Gasteiger partial charge in [0, 0.05) is 12.5 Å². The van der Waals surface area contributed by atoms with Crippen molar-refractivity contribution in [3.8, 4) is 0 Å². The molecule has 0 spiro atoms. The zero-order valence-corrected chi connectivity index (χ0v) is 13.3. The first kappa shape index (κ1) is 12.5. The van der Waals surface area contributed by atoms with Gasteiger partial charge in [0.1, 0.15) is 3.61 Å². The summed E-state index contributed by atoms with van der Waals surface area (Å²) in [5.41, 5.74) is 0.915. The summed E-state index contributed by atoms with van der Waals surface area (Å²) < 4.78 is 6.02. The number of halogens is 1. The lowest BCUT2D eigenvalue weighted by Crippen LogP contribution is -2.52. The molecule has 1 nitrogen and oxygen atoms in total. The third-order valence-electron chi connectivity index (χ3n) is 5.61. The highest BCUT2D eigenvalue weighted by Crippen LogP contribution is 2.63. The van der Waals surface area contributed by atoms with E-state index in [0.717, 1.165) is 12.5 Å². The fraction of sp³-hybridized carbons (Fsp3) is 0.867. The van der Waals surface area contributed by atoms with E-state index in [1.54, 1.807) is 0 Å². The van der Waals surface area contributed by atoms with Gasteiger partial charge in [-0.05, 0) is 64.7 Å².